The maximum absolute atomic E-state index is 14.1. The summed E-state index contributed by atoms with van der Waals surface area (Å²) in [5.74, 6) is 0.761. The first kappa shape index (κ1) is 22.1. The number of ether oxygens (including phenoxy) is 2. The van der Waals surface area contributed by atoms with Crippen LogP contribution in [0.1, 0.15) is 31.4 Å². The van der Waals surface area contributed by atoms with Gasteiger partial charge in [0.25, 0.3) is 5.91 Å². The monoisotopic (exact) mass is 464 g/mol. The van der Waals surface area contributed by atoms with E-state index in [2.05, 4.69) is 10.4 Å². The molecule has 0 saturated carbocycles. The molecule has 2 unspecified atom stereocenters. The first-order valence-electron chi connectivity index (χ1n) is 10.2. The minimum atomic E-state index is -0.430. The molecule has 2 aliphatic heterocycles. The highest BCUT2D eigenvalue weighted by Crippen LogP contribution is 2.40. The van der Waals surface area contributed by atoms with Crippen LogP contribution in [0.5, 0.6) is 0 Å². The van der Waals surface area contributed by atoms with Crippen molar-refractivity contribution >= 4 is 34.9 Å². The Morgan fingerprint density at radius 2 is 1.81 bits per heavy atom. The van der Waals surface area contributed by atoms with Gasteiger partial charge < -0.3 is 19.7 Å². The average Bonchev–Trinajstić information content (AvgIpc) is 3.36. The molecular formula is C22H26Cl2N4O3. The second-order valence-corrected chi connectivity index (χ2v) is 8.72. The zero-order valence-corrected chi connectivity index (χ0v) is 19.3. The Hall–Kier alpha value is -2.06. The normalized spacial score (nSPS) is 23.1. The number of allylic oxidation sites excluding steroid dienone is 1. The lowest BCUT2D eigenvalue weighted by atomic mass is 9.94. The predicted molar refractivity (Wildman–Crippen MR) is 121 cm³/mol. The molecule has 2 aliphatic rings. The molecule has 2 aromatic rings. The molecule has 1 fully saturated rings. The summed E-state index contributed by atoms with van der Waals surface area (Å²) in [5.41, 5.74) is 2.25. The maximum Gasteiger partial charge on any atom is 0.254 e. The van der Waals surface area contributed by atoms with E-state index in [0.29, 0.717) is 28.8 Å². The quantitative estimate of drug-likeness (QED) is 0.695. The van der Waals surface area contributed by atoms with Crippen molar-refractivity contribution in [3.8, 4) is 0 Å². The van der Waals surface area contributed by atoms with Gasteiger partial charge in [0.05, 0.1) is 47.1 Å². The van der Waals surface area contributed by atoms with Gasteiger partial charge in [-0.25, -0.2) is 4.68 Å². The van der Waals surface area contributed by atoms with Gasteiger partial charge in [-0.2, -0.15) is 5.10 Å². The number of benzene rings is 1. The number of nitrogens with one attached hydrogen (secondary N) is 1. The number of carbonyl (C=O) groups excluding carboxylic acids is 1. The van der Waals surface area contributed by atoms with Gasteiger partial charge in [-0.1, -0.05) is 29.3 Å². The molecule has 31 heavy (non-hydrogen) atoms. The zero-order valence-electron chi connectivity index (χ0n) is 17.8. The van der Waals surface area contributed by atoms with Gasteiger partial charge in [0.1, 0.15) is 11.9 Å². The van der Waals surface area contributed by atoms with E-state index in [9.17, 15) is 4.79 Å². The van der Waals surface area contributed by atoms with Crippen LogP contribution >= 0.6 is 23.2 Å². The second-order valence-electron chi connectivity index (χ2n) is 7.91. The number of amides is 1. The van der Waals surface area contributed by atoms with Crippen molar-refractivity contribution in [3.63, 3.8) is 0 Å². The Kier molecular flexibility index (Phi) is 6.57. The Balaban J connectivity index is 1.79. The van der Waals surface area contributed by atoms with Crippen molar-refractivity contribution in [3.05, 3.63) is 57.3 Å². The molecule has 4 rings (SSSR count). The highest BCUT2D eigenvalue weighted by atomic mass is 35.5. The van der Waals surface area contributed by atoms with Crippen LogP contribution in [0.15, 0.2) is 41.7 Å². The molecule has 1 saturated heterocycles. The molecule has 9 heteroatoms. The van der Waals surface area contributed by atoms with Crippen molar-refractivity contribution in [1.82, 2.24) is 14.7 Å². The topological polar surface area (TPSA) is 68.6 Å². The molecule has 1 N–H and O–H groups in total. The zero-order chi connectivity index (χ0) is 22.1. The van der Waals surface area contributed by atoms with E-state index in [1.165, 1.54) is 0 Å². The second kappa shape index (κ2) is 9.20. The van der Waals surface area contributed by atoms with E-state index in [4.69, 9.17) is 32.7 Å². The number of aromatic nitrogens is 2. The fourth-order valence-electron chi connectivity index (χ4n) is 4.62. The first-order chi connectivity index (χ1) is 15.0. The van der Waals surface area contributed by atoms with Gasteiger partial charge in [-0.3, -0.25) is 4.79 Å². The standard InChI is InChI=1S/C22H26Cl2N4O3/c1-13-20(22(29)27-15(11-30-2)5-6-16(27)12-31-3)21(28-19(26-13)8-9-25-28)14-4-7-17(23)18(24)10-14/h4,7-10,15-16,21,26H,5-6,11-12H2,1-3H3/t15-,16?,21?/m0/s1. The number of hydrogen-bond donors (Lipinski definition) is 1. The minimum Gasteiger partial charge on any atom is -0.383 e. The molecule has 0 aliphatic carbocycles. The first-order valence-corrected chi connectivity index (χ1v) is 11.0. The fourth-order valence-corrected chi connectivity index (χ4v) is 4.92. The molecule has 1 aromatic heterocycles. The van der Waals surface area contributed by atoms with Gasteiger partial charge in [-0.15, -0.1) is 0 Å². The number of rotatable bonds is 6. The Morgan fingerprint density at radius 1 is 1.13 bits per heavy atom. The molecule has 7 nitrogen and oxygen atoms in total. The number of likely N-dealkylation sites (tertiary alicyclic amines) is 1. The largest absolute Gasteiger partial charge is 0.383 e. The fraction of sp³-hybridized carbons (Fsp3) is 0.455. The molecule has 3 atom stereocenters. The molecule has 0 radical (unpaired) electrons. The Bertz CT molecular complexity index is 992. The van der Waals surface area contributed by atoms with Crippen LogP contribution in [0.3, 0.4) is 0 Å². The molecule has 0 bridgehead atoms. The summed E-state index contributed by atoms with van der Waals surface area (Å²) in [6.45, 7) is 2.88. The van der Waals surface area contributed by atoms with E-state index >= 15 is 0 Å². The highest BCUT2D eigenvalue weighted by Gasteiger charge is 2.42. The van der Waals surface area contributed by atoms with Gasteiger partial charge in [-0.05, 0) is 37.5 Å². The van der Waals surface area contributed by atoms with E-state index < -0.39 is 6.04 Å². The molecule has 0 spiro atoms. The SMILES string of the molecule is COCC1CC[C@@H](COC)N1C(=O)C1=C(C)Nc2ccnn2C1c1ccc(Cl)c(Cl)c1. The molecule has 1 amide bonds. The van der Waals surface area contributed by atoms with Crippen LogP contribution in [-0.2, 0) is 14.3 Å². The van der Waals surface area contributed by atoms with Crippen molar-refractivity contribution < 1.29 is 14.3 Å². The summed E-state index contributed by atoms with van der Waals surface area (Å²) in [6.07, 6.45) is 3.46. The van der Waals surface area contributed by atoms with Crippen LogP contribution in [0.25, 0.3) is 0 Å². The van der Waals surface area contributed by atoms with E-state index in [1.807, 2.05) is 28.6 Å². The third-order valence-electron chi connectivity index (χ3n) is 5.97. The number of hydrogen-bond acceptors (Lipinski definition) is 5. The van der Waals surface area contributed by atoms with E-state index in [0.717, 1.165) is 29.9 Å². The van der Waals surface area contributed by atoms with Gasteiger partial charge >= 0.3 is 0 Å². The molecule has 166 valence electrons. The Morgan fingerprint density at radius 3 is 2.42 bits per heavy atom. The van der Waals surface area contributed by atoms with Gasteiger partial charge in [0.2, 0.25) is 0 Å². The predicted octanol–water partition coefficient (Wildman–Crippen LogP) is 4.13. The lowest BCUT2D eigenvalue weighted by Crippen LogP contribution is -2.47. The summed E-state index contributed by atoms with van der Waals surface area (Å²) >= 11 is 12.5. The summed E-state index contributed by atoms with van der Waals surface area (Å²) < 4.78 is 12.6. The van der Waals surface area contributed by atoms with Crippen molar-refractivity contribution in [2.75, 3.05) is 32.8 Å². The number of anilines is 1. The Labute approximate surface area is 191 Å². The summed E-state index contributed by atoms with van der Waals surface area (Å²) in [5, 5.41) is 8.72. The molecule has 3 heterocycles. The average molecular weight is 465 g/mol. The smallest absolute Gasteiger partial charge is 0.254 e. The highest BCUT2D eigenvalue weighted by molar-refractivity contribution is 6.42. The minimum absolute atomic E-state index is 0.00794. The van der Waals surface area contributed by atoms with Crippen LogP contribution in [0, 0.1) is 0 Å². The van der Waals surface area contributed by atoms with Gasteiger partial charge in [0, 0.05) is 26.0 Å². The third-order valence-corrected chi connectivity index (χ3v) is 6.71. The van der Waals surface area contributed by atoms with E-state index in [-0.39, 0.29) is 18.0 Å². The number of nitrogens with zero attached hydrogens (tertiary/aromatic N) is 3. The number of fused-ring (bicyclic) bond motifs is 1. The number of halogens is 2. The molecule has 1 aromatic carbocycles. The van der Waals surface area contributed by atoms with Crippen molar-refractivity contribution in [1.29, 1.82) is 0 Å². The molecular weight excluding hydrogens is 439 g/mol. The van der Waals surface area contributed by atoms with Crippen LogP contribution < -0.4 is 5.32 Å². The van der Waals surface area contributed by atoms with Crippen molar-refractivity contribution in [2.24, 2.45) is 0 Å². The van der Waals surface area contributed by atoms with Crippen molar-refractivity contribution in [2.45, 2.75) is 37.9 Å². The van der Waals surface area contributed by atoms with Crippen LogP contribution in [0.4, 0.5) is 5.82 Å². The number of methoxy groups -OCH3 is 2. The lowest BCUT2D eigenvalue weighted by molar-refractivity contribution is -0.132. The lowest BCUT2D eigenvalue weighted by Gasteiger charge is -2.36. The summed E-state index contributed by atoms with van der Waals surface area (Å²) in [4.78, 5) is 16.0. The van der Waals surface area contributed by atoms with E-state index in [1.54, 1.807) is 32.5 Å². The van der Waals surface area contributed by atoms with Crippen LogP contribution in [0.2, 0.25) is 10.0 Å². The summed E-state index contributed by atoms with van der Waals surface area (Å²) in [6, 6.07) is 6.87. The third kappa shape index (κ3) is 4.07. The number of carbonyl (C=O) groups is 1. The van der Waals surface area contributed by atoms with Crippen LogP contribution in [-0.4, -0.2) is 60.1 Å². The van der Waals surface area contributed by atoms with Gasteiger partial charge in [0.15, 0.2) is 0 Å². The summed E-state index contributed by atoms with van der Waals surface area (Å²) in [7, 11) is 3.32. The maximum atomic E-state index is 14.1.